The summed E-state index contributed by atoms with van der Waals surface area (Å²) in [6.45, 7) is 3.30. The van der Waals surface area contributed by atoms with E-state index in [1.54, 1.807) is 13.8 Å². The Morgan fingerprint density at radius 3 is 1.44 bits per heavy atom. The Balaban J connectivity index is 4.25. The Hall–Kier alpha value is -0.880. The fourth-order valence-electron chi connectivity index (χ4n) is 0.536. The van der Waals surface area contributed by atoms with Crippen molar-refractivity contribution in [1.82, 2.24) is 0 Å². The predicted octanol–water partition coefficient (Wildman–Crippen LogP) is 1.31. The fraction of sp³-hybridized carbons (Fsp3) is 0.750. The number of rotatable bonds is 6. The summed E-state index contributed by atoms with van der Waals surface area (Å²) in [5, 5.41) is 21.9. The van der Waals surface area contributed by atoms with E-state index in [2.05, 4.69) is 10.2 Å². The van der Waals surface area contributed by atoms with E-state index in [-0.39, 0.29) is 24.8 Å². The molecule has 0 aliphatic carbocycles. The molecule has 0 aliphatic rings. The Labute approximate surface area is 104 Å². The molecular weight excluding hydrogens is 251 g/mol. The molecule has 0 rings (SSSR count). The van der Waals surface area contributed by atoms with Crippen LogP contribution in [-0.2, 0) is 0 Å². The summed E-state index contributed by atoms with van der Waals surface area (Å²) in [6, 6.07) is 0. The summed E-state index contributed by atoms with van der Waals surface area (Å²) in [6.07, 6.45) is 0. The number of alkyl halides is 2. The highest BCUT2D eigenvalue weighted by Gasteiger charge is 2.26. The Kier molecular flexibility index (Phi) is 5.15. The van der Waals surface area contributed by atoms with E-state index in [0.717, 1.165) is 0 Å². The first kappa shape index (κ1) is 15.1. The highest BCUT2D eigenvalue weighted by Crippen LogP contribution is 2.16. The van der Waals surface area contributed by atoms with Crippen LogP contribution in [0.5, 0.6) is 0 Å². The molecule has 0 bridgehead atoms. The molecule has 0 radical (unpaired) electrons. The van der Waals surface area contributed by atoms with Crippen LogP contribution >= 0.6 is 23.2 Å². The molecule has 92 valence electrons. The third-order valence-electron chi connectivity index (χ3n) is 1.96. The zero-order valence-electron chi connectivity index (χ0n) is 9.22. The van der Waals surface area contributed by atoms with Gasteiger partial charge in [0.1, 0.15) is 21.4 Å². The van der Waals surface area contributed by atoms with Gasteiger partial charge in [-0.2, -0.15) is 10.2 Å². The van der Waals surface area contributed by atoms with E-state index in [0.29, 0.717) is 0 Å². The number of azo groups is 1. The van der Waals surface area contributed by atoms with E-state index in [1.807, 2.05) is 0 Å². The standard InChI is InChI=1S/C8H16Cl2N6/c1-7(9,5(11)12)3-15-16-4-8(2,10)6(13)14/h3-4H2,1-2H3,(H3,11,12)(H3,13,14). The second-order valence-corrected chi connectivity index (χ2v) is 5.49. The molecule has 2 unspecified atom stereocenters. The maximum atomic E-state index is 7.19. The van der Waals surface area contributed by atoms with Crippen LogP contribution in [0.3, 0.4) is 0 Å². The third kappa shape index (κ3) is 4.76. The second kappa shape index (κ2) is 5.45. The summed E-state index contributed by atoms with van der Waals surface area (Å²) >= 11 is 11.8. The van der Waals surface area contributed by atoms with Crippen LogP contribution in [0.4, 0.5) is 0 Å². The lowest BCUT2D eigenvalue weighted by molar-refractivity contribution is 0.713. The van der Waals surface area contributed by atoms with E-state index in [4.69, 9.17) is 45.5 Å². The third-order valence-corrected chi connectivity index (χ3v) is 2.60. The summed E-state index contributed by atoms with van der Waals surface area (Å²) in [5.41, 5.74) is 10.5. The number of hydrogen-bond donors (Lipinski definition) is 4. The van der Waals surface area contributed by atoms with Crippen molar-refractivity contribution in [2.24, 2.45) is 21.7 Å². The number of halogens is 2. The molecule has 8 heteroatoms. The maximum absolute atomic E-state index is 7.19. The first-order valence-electron chi connectivity index (χ1n) is 4.49. The van der Waals surface area contributed by atoms with Crippen molar-refractivity contribution >= 4 is 34.9 Å². The minimum absolute atomic E-state index is 0.0781. The van der Waals surface area contributed by atoms with Crippen molar-refractivity contribution < 1.29 is 0 Å². The van der Waals surface area contributed by atoms with Crippen LogP contribution in [0.1, 0.15) is 13.8 Å². The average molecular weight is 267 g/mol. The van der Waals surface area contributed by atoms with Gasteiger partial charge in [0.05, 0.1) is 13.1 Å². The number of nitrogens with two attached hydrogens (primary N) is 2. The predicted molar refractivity (Wildman–Crippen MR) is 66.9 cm³/mol. The molecule has 0 aliphatic heterocycles. The number of nitrogens with one attached hydrogen (secondary N) is 2. The quantitative estimate of drug-likeness (QED) is 0.251. The average Bonchev–Trinajstić information content (AvgIpc) is 2.12. The lowest BCUT2D eigenvalue weighted by Gasteiger charge is -2.18. The largest absolute Gasteiger partial charge is 0.386 e. The highest BCUT2D eigenvalue weighted by molar-refractivity contribution is 6.35. The second-order valence-electron chi connectivity index (χ2n) is 3.82. The molecule has 16 heavy (non-hydrogen) atoms. The molecule has 6 nitrogen and oxygen atoms in total. The lowest BCUT2D eigenvalue weighted by atomic mass is 10.1. The van der Waals surface area contributed by atoms with Gasteiger partial charge in [-0.05, 0) is 13.8 Å². The van der Waals surface area contributed by atoms with Crippen molar-refractivity contribution in [3.8, 4) is 0 Å². The summed E-state index contributed by atoms with van der Waals surface area (Å²) in [4.78, 5) is -2.08. The van der Waals surface area contributed by atoms with Gasteiger partial charge in [0.2, 0.25) is 0 Å². The minimum atomic E-state index is -1.04. The first-order valence-corrected chi connectivity index (χ1v) is 5.25. The fourth-order valence-corrected chi connectivity index (χ4v) is 0.643. The zero-order chi connectivity index (χ0) is 13.0. The monoisotopic (exact) mass is 266 g/mol. The summed E-state index contributed by atoms with van der Waals surface area (Å²) in [5.74, 6) is -0.346. The van der Waals surface area contributed by atoms with Crippen molar-refractivity contribution in [3.63, 3.8) is 0 Å². The van der Waals surface area contributed by atoms with Crippen LogP contribution in [0, 0.1) is 10.8 Å². The van der Waals surface area contributed by atoms with Crippen LogP contribution < -0.4 is 11.5 Å². The molecule has 0 fully saturated rings. The first-order chi connectivity index (χ1) is 7.09. The molecule has 0 aromatic heterocycles. The van der Waals surface area contributed by atoms with Gasteiger partial charge in [-0.25, -0.2) is 0 Å². The van der Waals surface area contributed by atoms with Crippen LogP contribution in [0.2, 0.25) is 0 Å². The van der Waals surface area contributed by atoms with Gasteiger partial charge in [-0.1, -0.05) is 0 Å². The molecule has 0 aromatic carbocycles. The molecular formula is C8H16Cl2N6. The van der Waals surface area contributed by atoms with E-state index in [1.165, 1.54) is 0 Å². The topological polar surface area (TPSA) is 124 Å². The Morgan fingerprint density at radius 2 is 1.25 bits per heavy atom. The Morgan fingerprint density at radius 1 is 1.00 bits per heavy atom. The molecule has 2 atom stereocenters. The summed E-state index contributed by atoms with van der Waals surface area (Å²) in [7, 11) is 0. The highest BCUT2D eigenvalue weighted by atomic mass is 35.5. The van der Waals surface area contributed by atoms with E-state index in [9.17, 15) is 0 Å². The molecule has 0 saturated carbocycles. The summed E-state index contributed by atoms with van der Waals surface area (Å²) < 4.78 is 0. The van der Waals surface area contributed by atoms with E-state index < -0.39 is 9.75 Å². The van der Waals surface area contributed by atoms with Crippen molar-refractivity contribution in [3.05, 3.63) is 0 Å². The molecule has 0 amide bonds. The van der Waals surface area contributed by atoms with Gasteiger partial charge in [0, 0.05) is 0 Å². The van der Waals surface area contributed by atoms with Crippen LogP contribution in [0.25, 0.3) is 0 Å². The molecule has 0 spiro atoms. The van der Waals surface area contributed by atoms with Gasteiger partial charge in [0.25, 0.3) is 0 Å². The van der Waals surface area contributed by atoms with Crippen molar-refractivity contribution in [2.45, 2.75) is 23.6 Å². The molecule has 6 N–H and O–H groups in total. The van der Waals surface area contributed by atoms with Crippen molar-refractivity contribution in [2.75, 3.05) is 13.1 Å². The SMILES string of the molecule is CC(Cl)(CN=NCC(C)(Cl)C(=N)N)C(=N)N. The number of nitrogens with zero attached hydrogens (tertiary/aromatic N) is 2. The van der Waals surface area contributed by atoms with Gasteiger partial charge in [0.15, 0.2) is 0 Å². The van der Waals surface area contributed by atoms with Gasteiger partial charge in [-0.3, -0.25) is 10.8 Å². The molecule has 0 heterocycles. The Bertz CT molecular complexity index is 280. The van der Waals surface area contributed by atoms with Crippen molar-refractivity contribution in [1.29, 1.82) is 10.8 Å². The van der Waals surface area contributed by atoms with Gasteiger partial charge in [-0.15, -0.1) is 23.2 Å². The normalized spacial score (nSPS) is 19.0. The molecule has 0 saturated heterocycles. The smallest absolute Gasteiger partial charge is 0.119 e. The van der Waals surface area contributed by atoms with Gasteiger partial charge < -0.3 is 11.5 Å². The number of hydrogen-bond acceptors (Lipinski definition) is 4. The zero-order valence-corrected chi connectivity index (χ0v) is 10.7. The van der Waals surface area contributed by atoms with Gasteiger partial charge >= 0.3 is 0 Å². The maximum Gasteiger partial charge on any atom is 0.119 e. The minimum Gasteiger partial charge on any atom is -0.386 e. The van der Waals surface area contributed by atoms with E-state index >= 15 is 0 Å². The number of amidine groups is 2. The lowest BCUT2D eigenvalue weighted by Crippen LogP contribution is -2.38. The van der Waals surface area contributed by atoms with Crippen LogP contribution in [0.15, 0.2) is 10.2 Å². The van der Waals surface area contributed by atoms with Crippen LogP contribution in [-0.4, -0.2) is 34.5 Å². The molecule has 0 aromatic rings.